The van der Waals surface area contributed by atoms with Crippen LogP contribution in [0.1, 0.15) is 128 Å². The van der Waals surface area contributed by atoms with Crippen LogP contribution in [0.4, 0.5) is 0 Å². The van der Waals surface area contributed by atoms with Crippen LogP contribution >= 0.6 is 0 Å². The maximum atomic E-state index is 15.1. The number of hydrogen-bond donors (Lipinski definition) is 27. The SMILES string of the molecule is CC(C)CC(NC(=O)C(Cc1ccc(O)cc1)NC(=O)C(Cc1cnc[nH]1)NC(=O)CCCCNC(=N)N)C(=O)NC(CC(N)=O)C(=O)NC(Cc1c[nH]c2ccccc12)C(=O)NC(C(=O)NC(C(=O)NC(CCCNC(=N)N)C(=O)NC(CCC(N)=O)C(=O)N(C)C(CCCNC(=N)N)C(=O)NC(Cc1ccc(O)cc1)C(N)=O)C(C)O)C(C)C. The van der Waals surface area contributed by atoms with Crippen molar-refractivity contribution in [1.82, 2.24) is 89.0 Å². The van der Waals surface area contributed by atoms with Crippen LogP contribution in [0, 0.1) is 28.1 Å². The lowest BCUT2D eigenvalue weighted by Gasteiger charge is -2.33. The molecular weight excluding hydrogens is 1570 g/mol. The highest BCUT2D eigenvalue weighted by Gasteiger charge is 2.40. The van der Waals surface area contributed by atoms with E-state index in [9.17, 15) is 77.6 Å². The number of benzene rings is 3. The molecule has 5 aromatic rings. The summed E-state index contributed by atoms with van der Waals surface area (Å²) >= 11 is 0. The van der Waals surface area contributed by atoms with Crippen LogP contribution < -0.4 is 104 Å². The van der Waals surface area contributed by atoms with Gasteiger partial charge in [-0.25, -0.2) is 4.98 Å². The van der Waals surface area contributed by atoms with Crippen molar-refractivity contribution in [3.05, 3.63) is 114 Å². The van der Waals surface area contributed by atoms with Crippen LogP contribution in [0.3, 0.4) is 0 Å². The van der Waals surface area contributed by atoms with Crippen molar-refractivity contribution in [3.8, 4) is 11.5 Å². The standard InChI is InChI=1S/C78H116N26O17/c1-40(2)31-54(98-68(114)55(33-44-20-24-48(107)25-21-44)99-69(115)57(35-46-38-88-39-93-46)94-62(110)17-9-10-28-89-76(82)83)67(113)101-58(36-61(80)109)70(116)100-56(34-45-37-92-50-14-8-7-13-49(45)50)71(117)102-63(41(3)4)73(119)103-64(42(5)105)74(120)95-51(15-11-29-90-77(84)85)66(112)96-52(26-27-60(79)108)75(121)104(6)59(16-12-30-91-78(86)87)72(118)97-53(65(81)111)32-43-18-22-47(106)23-19-43/h7-8,13-14,18-25,37-42,51-59,63-64,92,105-107H,9-12,15-17,26-36H2,1-6H3,(H2,79,108)(H2,80,109)(H2,81,111)(H,88,93)(H,94,110)(H,95,120)(H,96,112)(H,97,118)(H,98,114)(H,99,115)(H,100,116)(H,101,113)(H,102,117)(H,103,119)(H4,82,83,89)(H4,84,85,90)(H4,86,87,91). The smallest absolute Gasteiger partial charge is 0.245 e. The van der Waals surface area contributed by atoms with Gasteiger partial charge >= 0.3 is 0 Å². The van der Waals surface area contributed by atoms with Crippen molar-refractivity contribution in [2.45, 2.75) is 203 Å². The molecule has 121 heavy (non-hydrogen) atoms. The summed E-state index contributed by atoms with van der Waals surface area (Å²) < 4.78 is 0. The van der Waals surface area contributed by atoms with E-state index in [2.05, 4.69) is 84.1 Å². The van der Waals surface area contributed by atoms with Crippen molar-refractivity contribution in [3.63, 3.8) is 0 Å². The van der Waals surface area contributed by atoms with Gasteiger partial charge < -0.3 is 134 Å². The molecule has 12 atom stereocenters. The number of primary amides is 3. The number of fused-ring (bicyclic) bond motifs is 1. The number of H-pyrrole nitrogens is 2. The zero-order valence-corrected chi connectivity index (χ0v) is 68.4. The molecule has 43 heteroatoms. The van der Waals surface area contributed by atoms with Crippen LogP contribution in [0.25, 0.3) is 10.9 Å². The molecule has 0 bridgehead atoms. The number of aromatic amines is 2. The summed E-state index contributed by atoms with van der Waals surface area (Å²) in [5.41, 5.74) is 35.8. The Hall–Kier alpha value is -13.6. The molecule has 5 rings (SSSR count). The first-order chi connectivity index (χ1) is 57.2. The quantitative estimate of drug-likeness (QED) is 0.00986. The summed E-state index contributed by atoms with van der Waals surface area (Å²) in [7, 11) is 1.20. The Morgan fingerprint density at radius 2 is 0.934 bits per heavy atom. The normalized spacial score (nSPS) is 14.1. The largest absolute Gasteiger partial charge is 0.508 e. The Morgan fingerprint density at radius 3 is 1.47 bits per heavy atom. The number of phenolic OH excluding ortho intramolecular Hbond substituents is 2. The second kappa shape index (κ2) is 48.9. The van der Waals surface area contributed by atoms with Crippen LogP contribution in [0.15, 0.2) is 91.5 Å². The Morgan fingerprint density at radius 1 is 0.463 bits per heavy atom. The van der Waals surface area contributed by atoms with Gasteiger partial charge in [0.2, 0.25) is 82.7 Å². The number of para-hydroxylation sites is 1. The molecule has 2 aromatic heterocycles. The number of rotatable bonds is 52. The third-order valence-electron chi connectivity index (χ3n) is 19.2. The zero-order chi connectivity index (χ0) is 89.7. The van der Waals surface area contributed by atoms with E-state index in [1.807, 2.05) is 0 Å². The lowest BCUT2D eigenvalue weighted by atomic mass is 9.99. The Balaban J connectivity index is 1.43. The number of carbonyl (C=O) groups excluding carboxylic acids is 14. The predicted molar refractivity (Wildman–Crippen MR) is 443 cm³/mol. The lowest BCUT2D eigenvalue weighted by molar-refractivity contribution is -0.143. The summed E-state index contributed by atoms with van der Waals surface area (Å²) in [6.07, 6.45) is 0.0520. The van der Waals surface area contributed by atoms with Crippen LogP contribution in [-0.4, -0.2) is 235 Å². The molecule has 0 aliphatic rings. The summed E-state index contributed by atoms with van der Waals surface area (Å²) in [5, 5.41) is 88.2. The number of nitrogens with two attached hydrogens (primary N) is 6. The monoisotopic (exact) mass is 1690 g/mol. The average Bonchev–Trinajstić information content (AvgIpc) is 1.74. The van der Waals surface area contributed by atoms with E-state index in [4.69, 9.17) is 50.6 Å². The van der Waals surface area contributed by atoms with Gasteiger partial charge in [-0.3, -0.25) is 83.4 Å². The number of aromatic nitrogens is 3. The number of phenols is 2. The first-order valence-corrected chi connectivity index (χ1v) is 39.3. The second-order valence-corrected chi connectivity index (χ2v) is 30.0. The van der Waals surface area contributed by atoms with E-state index < -0.39 is 192 Å². The first-order valence-electron chi connectivity index (χ1n) is 39.3. The maximum absolute atomic E-state index is 15.1. The molecule has 0 spiro atoms. The van der Waals surface area contributed by atoms with Gasteiger partial charge in [0.1, 0.15) is 78.0 Å². The van der Waals surface area contributed by atoms with Gasteiger partial charge in [0.15, 0.2) is 17.9 Å². The molecule has 0 fully saturated rings. The van der Waals surface area contributed by atoms with Crippen molar-refractivity contribution >= 4 is 111 Å². The van der Waals surface area contributed by atoms with Crippen LogP contribution in [0.5, 0.6) is 11.5 Å². The molecule has 0 radical (unpaired) electrons. The van der Waals surface area contributed by atoms with Crippen molar-refractivity contribution in [1.29, 1.82) is 16.2 Å². The molecular formula is C78H116N26O17. The van der Waals surface area contributed by atoms with Crippen molar-refractivity contribution in [2.24, 2.45) is 46.2 Å². The number of likely N-dealkylation sites (N-methyl/N-ethyl adjacent to an activating group) is 1. The molecule has 0 saturated heterocycles. The van der Waals surface area contributed by atoms with E-state index >= 15 is 4.79 Å². The molecule has 14 amide bonds. The molecule has 0 saturated carbocycles. The fraction of sp³-hybridized carbons (Fsp3) is 0.487. The molecule has 33 N–H and O–H groups in total. The highest BCUT2D eigenvalue weighted by atomic mass is 16.3. The highest BCUT2D eigenvalue weighted by molar-refractivity contribution is 6.01. The van der Waals surface area contributed by atoms with Crippen LogP contribution in [0.2, 0.25) is 0 Å². The first kappa shape index (κ1) is 97.9. The van der Waals surface area contributed by atoms with Crippen molar-refractivity contribution in [2.75, 3.05) is 26.7 Å². The van der Waals surface area contributed by atoms with Gasteiger partial charge in [0.05, 0.1) is 18.9 Å². The Kier molecular flexibility index (Phi) is 39.6. The number of carbonyl (C=O) groups is 14. The van der Waals surface area contributed by atoms with Gasteiger partial charge in [0, 0.05) is 94.2 Å². The molecule has 12 unspecified atom stereocenters. The molecule has 0 aliphatic heterocycles. The topological polar surface area (TPSA) is 731 Å². The average molecular weight is 1690 g/mol. The number of unbranched alkanes of at least 4 members (excludes halogenated alkanes) is 1. The third-order valence-corrected chi connectivity index (χ3v) is 19.2. The fourth-order valence-electron chi connectivity index (χ4n) is 12.8. The van der Waals surface area contributed by atoms with Crippen LogP contribution in [-0.2, 0) is 92.8 Å². The maximum Gasteiger partial charge on any atom is 0.245 e. The Labute approximate surface area is 698 Å². The van der Waals surface area contributed by atoms with Gasteiger partial charge in [-0.2, -0.15) is 0 Å². The number of nitrogens with zero attached hydrogens (tertiary/aromatic N) is 2. The van der Waals surface area contributed by atoms with Gasteiger partial charge in [0.25, 0.3) is 0 Å². The van der Waals surface area contributed by atoms with Crippen molar-refractivity contribution < 1.29 is 82.4 Å². The van der Waals surface area contributed by atoms with Gasteiger partial charge in [-0.05, 0) is 117 Å². The summed E-state index contributed by atoms with van der Waals surface area (Å²) in [6.45, 7) is 7.84. The number of nitrogens with one attached hydrogen (secondary N) is 18. The van der Waals surface area contributed by atoms with Gasteiger partial charge in [-0.1, -0.05) is 70.2 Å². The Bertz CT molecular complexity index is 4390. The number of imidazole rings is 1. The van der Waals surface area contributed by atoms with E-state index in [0.717, 1.165) is 11.8 Å². The molecule has 2 heterocycles. The van der Waals surface area contributed by atoms with E-state index in [1.54, 1.807) is 44.3 Å². The second-order valence-electron chi connectivity index (χ2n) is 30.0. The zero-order valence-electron chi connectivity index (χ0n) is 68.4. The fourth-order valence-corrected chi connectivity index (χ4v) is 12.8. The number of aliphatic hydroxyl groups excluding tert-OH is 1. The van der Waals surface area contributed by atoms with E-state index in [1.165, 1.54) is 82.0 Å². The van der Waals surface area contributed by atoms with E-state index in [0.29, 0.717) is 52.7 Å². The van der Waals surface area contributed by atoms with E-state index in [-0.39, 0.29) is 101 Å². The number of hydrogen-bond acceptors (Lipinski definition) is 21. The molecule has 660 valence electrons. The molecule has 0 aliphatic carbocycles. The number of amides is 14. The molecule has 3 aromatic carbocycles. The predicted octanol–water partition coefficient (Wildman–Crippen LogP) is -4.86. The number of guanidine groups is 3. The minimum Gasteiger partial charge on any atom is -0.508 e. The summed E-state index contributed by atoms with van der Waals surface area (Å²) in [4.78, 5) is 210. The molecule has 43 nitrogen and oxygen atoms in total. The third kappa shape index (κ3) is 34.1. The summed E-state index contributed by atoms with van der Waals surface area (Å²) in [5.74, 6) is -16.4. The number of aromatic hydroxyl groups is 2. The minimum atomic E-state index is -1.95. The number of aliphatic hydroxyl groups is 1. The lowest BCUT2D eigenvalue weighted by Crippen LogP contribution is -2.63. The highest BCUT2D eigenvalue weighted by Crippen LogP contribution is 2.22. The minimum absolute atomic E-state index is 0.0265. The van der Waals surface area contributed by atoms with Gasteiger partial charge in [-0.15, -0.1) is 0 Å². The summed E-state index contributed by atoms with van der Waals surface area (Å²) in [6, 6.07) is 0.593.